The molecule has 114 valence electrons. The molecule has 0 bridgehead atoms. The lowest BCUT2D eigenvalue weighted by atomic mass is 9.98. The molecule has 0 unspecified atom stereocenters. The lowest BCUT2D eigenvalue weighted by Gasteiger charge is -2.12. The molecule has 1 N–H and O–H groups in total. The highest BCUT2D eigenvalue weighted by molar-refractivity contribution is 5.63. The molecule has 0 amide bonds. The molecule has 0 aliphatic carbocycles. The highest BCUT2D eigenvalue weighted by Gasteiger charge is 2.12. The predicted octanol–water partition coefficient (Wildman–Crippen LogP) is 4.34. The van der Waals surface area contributed by atoms with Gasteiger partial charge in [0.2, 0.25) is 0 Å². The van der Waals surface area contributed by atoms with Crippen molar-refractivity contribution in [3.8, 4) is 11.1 Å². The summed E-state index contributed by atoms with van der Waals surface area (Å²) in [5.41, 5.74) is 3.58. The Bertz CT molecular complexity index is 796. The van der Waals surface area contributed by atoms with E-state index in [1.165, 1.54) is 12.1 Å². The van der Waals surface area contributed by atoms with Crippen LogP contribution in [-0.2, 0) is 0 Å². The number of non-ortho nitro benzene ring substituents is 1. The van der Waals surface area contributed by atoms with Crippen molar-refractivity contribution in [3.05, 3.63) is 100 Å². The first-order valence-electron chi connectivity index (χ1n) is 7.23. The molecule has 0 radical (unpaired) electrons. The van der Waals surface area contributed by atoms with Crippen LogP contribution in [0.5, 0.6) is 0 Å². The van der Waals surface area contributed by atoms with Crippen LogP contribution in [0.1, 0.15) is 17.2 Å². The Morgan fingerprint density at radius 2 is 1.22 bits per heavy atom. The maximum Gasteiger partial charge on any atom is 0.269 e. The fraction of sp³-hybridized carbons (Fsp3) is 0.0526. The van der Waals surface area contributed by atoms with Crippen LogP contribution in [0, 0.1) is 10.1 Å². The van der Waals surface area contributed by atoms with Crippen LogP contribution in [-0.4, -0.2) is 10.0 Å². The summed E-state index contributed by atoms with van der Waals surface area (Å²) in [7, 11) is 0. The third-order valence-corrected chi connectivity index (χ3v) is 3.75. The minimum absolute atomic E-state index is 0.0142. The summed E-state index contributed by atoms with van der Waals surface area (Å²) in [6.45, 7) is 0. The first kappa shape index (κ1) is 14.9. The van der Waals surface area contributed by atoms with Crippen molar-refractivity contribution < 1.29 is 10.0 Å². The Labute approximate surface area is 133 Å². The van der Waals surface area contributed by atoms with E-state index in [4.69, 9.17) is 0 Å². The molecule has 0 aliphatic heterocycles. The molecule has 0 saturated carbocycles. The minimum Gasteiger partial charge on any atom is -0.384 e. The topological polar surface area (TPSA) is 63.4 Å². The second-order valence-corrected chi connectivity index (χ2v) is 5.24. The second-order valence-electron chi connectivity index (χ2n) is 5.24. The molecule has 0 aliphatic rings. The maximum atomic E-state index is 10.7. The summed E-state index contributed by atoms with van der Waals surface area (Å²) in [6, 6.07) is 23.6. The van der Waals surface area contributed by atoms with Gasteiger partial charge in [0.15, 0.2) is 0 Å². The Hall–Kier alpha value is -2.98. The van der Waals surface area contributed by atoms with Gasteiger partial charge < -0.3 is 5.11 Å². The van der Waals surface area contributed by atoms with E-state index in [1.807, 2.05) is 54.6 Å². The number of nitro groups is 1. The number of aliphatic hydroxyl groups is 1. The molecule has 0 fully saturated rings. The molecule has 4 nitrogen and oxygen atoms in total. The van der Waals surface area contributed by atoms with Gasteiger partial charge in [0.05, 0.1) is 4.92 Å². The van der Waals surface area contributed by atoms with Gasteiger partial charge in [0.25, 0.3) is 5.69 Å². The number of rotatable bonds is 4. The Morgan fingerprint density at radius 3 is 1.74 bits per heavy atom. The first-order valence-corrected chi connectivity index (χ1v) is 7.23. The van der Waals surface area contributed by atoms with E-state index in [0.29, 0.717) is 5.56 Å². The van der Waals surface area contributed by atoms with E-state index in [2.05, 4.69) is 0 Å². The molecule has 3 rings (SSSR count). The summed E-state index contributed by atoms with van der Waals surface area (Å²) < 4.78 is 0. The van der Waals surface area contributed by atoms with E-state index in [-0.39, 0.29) is 5.69 Å². The Morgan fingerprint density at radius 1 is 0.739 bits per heavy atom. The molecule has 0 aromatic heterocycles. The normalized spacial score (nSPS) is 11.9. The summed E-state index contributed by atoms with van der Waals surface area (Å²) in [5.74, 6) is 0. The number of benzene rings is 3. The van der Waals surface area contributed by atoms with Gasteiger partial charge in [-0.15, -0.1) is 0 Å². The smallest absolute Gasteiger partial charge is 0.269 e. The van der Waals surface area contributed by atoms with E-state index in [9.17, 15) is 15.2 Å². The van der Waals surface area contributed by atoms with E-state index in [1.54, 1.807) is 12.1 Å². The van der Waals surface area contributed by atoms with Gasteiger partial charge >= 0.3 is 0 Å². The van der Waals surface area contributed by atoms with Gasteiger partial charge in [-0.05, 0) is 34.4 Å². The molecular weight excluding hydrogens is 290 g/mol. The molecule has 4 heteroatoms. The van der Waals surface area contributed by atoms with Gasteiger partial charge in [-0.1, -0.05) is 54.6 Å². The number of hydrogen-bond donors (Lipinski definition) is 1. The second kappa shape index (κ2) is 6.42. The lowest BCUT2D eigenvalue weighted by Crippen LogP contribution is -1.99. The number of nitro benzene ring substituents is 1. The van der Waals surface area contributed by atoms with Crippen LogP contribution in [0.4, 0.5) is 5.69 Å². The monoisotopic (exact) mass is 305 g/mol. The van der Waals surface area contributed by atoms with Crippen LogP contribution in [0.15, 0.2) is 78.9 Å². The largest absolute Gasteiger partial charge is 0.384 e. The molecule has 0 spiro atoms. The average molecular weight is 305 g/mol. The highest BCUT2D eigenvalue weighted by atomic mass is 16.6. The number of nitrogens with zero attached hydrogens (tertiary/aromatic N) is 1. The molecule has 3 aromatic carbocycles. The van der Waals surface area contributed by atoms with Gasteiger partial charge in [0.1, 0.15) is 6.10 Å². The van der Waals surface area contributed by atoms with Crippen LogP contribution in [0.25, 0.3) is 11.1 Å². The Balaban J connectivity index is 1.82. The van der Waals surface area contributed by atoms with Gasteiger partial charge in [-0.3, -0.25) is 10.1 Å². The van der Waals surface area contributed by atoms with Crippen molar-refractivity contribution in [3.63, 3.8) is 0 Å². The van der Waals surface area contributed by atoms with Gasteiger partial charge in [-0.25, -0.2) is 0 Å². The van der Waals surface area contributed by atoms with Crippen molar-refractivity contribution in [2.24, 2.45) is 0 Å². The molecule has 0 saturated heterocycles. The molecule has 1 atom stereocenters. The maximum absolute atomic E-state index is 10.7. The van der Waals surface area contributed by atoms with Crippen molar-refractivity contribution in [2.45, 2.75) is 6.10 Å². The van der Waals surface area contributed by atoms with Crippen molar-refractivity contribution >= 4 is 5.69 Å². The van der Waals surface area contributed by atoms with Gasteiger partial charge in [-0.2, -0.15) is 0 Å². The zero-order valence-electron chi connectivity index (χ0n) is 12.3. The van der Waals surface area contributed by atoms with Crippen molar-refractivity contribution in [1.29, 1.82) is 0 Å². The quantitative estimate of drug-likeness (QED) is 0.576. The van der Waals surface area contributed by atoms with Crippen LogP contribution in [0.3, 0.4) is 0 Å². The minimum atomic E-state index is -0.805. The molecule has 23 heavy (non-hydrogen) atoms. The average Bonchev–Trinajstić information content (AvgIpc) is 2.62. The fourth-order valence-corrected chi connectivity index (χ4v) is 2.46. The standard InChI is InChI=1S/C19H15NO3/c21-19(17-10-12-18(13-11-17)20(22)23)16-8-6-15(7-9-16)14-4-2-1-3-5-14/h1-13,19,21H/t19-/m0/s1. The lowest BCUT2D eigenvalue weighted by molar-refractivity contribution is -0.384. The third-order valence-electron chi connectivity index (χ3n) is 3.75. The van der Waals surface area contributed by atoms with Gasteiger partial charge in [0, 0.05) is 12.1 Å². The molecular formula is C19H15NO3. The van der Waals surface area contributed by atoms with Crippen LogP contribution in [0.2, 0.25) is 0 Å². The predicted molar refractivity (Wildman–Crippen MR) is 89.0 cm³/mol. The third kappa shape index (κ3) is 3.27. The summed E-state index contributed by atoms with van der Waals surface area (Å²) >= 11 is 0. The zero-order chi connectivity index (χ0) is 16.2. The summed E-state index contributed by atoms with van der Waals surface area (Å²) in [5, 5.41) is 21.1. The first-order chi connectivity index (χ1) is 11.1. The molecule has 0 heterocycles. The van der Waals surface area contributed by atoms with E-state index < -0.39 is 11.0 Å². The summed E-state index contributed by atoms with van der Waals surface area (Å²) in [6.07, 6.45) is -0.805. The zero-order valence-corrected chi connectivity index (χ0v) is 12.3. The SMILES string of the molecule is O=[N+]([O-])c1ccc([C@@H](O)c2ccc(-c3ccccc3)cc2)cc1. The van der Waals surface area contributed by atoms with Crippen molar-refractivity contribution in [1.82, 2.24) is 0 Å². The van der Waals surface area contributed by atoms with Crippen LogP contribution < -0.4 is 0 Å². The van der Waals surface area contributed by atoms with Crippen molar-refractivity contribution in [2.75, 3.05) is 0 Å². The molecule has 3 aromatic rings. The number of aliphatic hydroxyl groups excluding tert-OH is 1. The number of hydrogen-bond acceptors (Lipinski definition) is 3. The Kier molecular flexibility index (Phi) is 4.17. The highest BCUT2D eigenvalue weighted by Crippen LogP contribution is 2.26. The van der Waals surface area contributed by atoms with Crippen LogP contribution >= 0.6 is 0 Å². The van der Waals surface area contributed by atoms with E-state index >= 15 is 0 Å². The van der Waals surface area contributed by atoms with E-state index in [0.717, 1.165) is 16.7 Å². The summed E-state index contributed by atoms with van der Waals surface area (Å²) in [4.78, 5) is 10.2. The fourth-order valence-electron chi connectivity index (χ4n) is 2.46.